The fraction of sp³-hybridized carbons (Fsp3) is 0.400. The van der Waals surface area contributed by atoms with Crippen LogP contribution in [0.3, 0.4) is 0 Å². The largest absolute Gasteiger partial charge is 0.352 e. The SMILES string of the molecule is CC(N)C(C)C(=O)NCc1ccc(Cn2cncn2)cc1.Cl.Cl. The molecule has 2 atom stereocenters. The van der Waals surface area contributed by atoms with Crippen LogP contribution >= 0.6 is 24.8 Å². The van der Waals surface area contributed by atoms with Crippen LogP contribution in [0.25, 0.3) is 0 Å². The van der Waals surface area contributed by atoms with Crippen molar-refractivity contribution in [2.24, 2.45) is 11.7 Å². The maximum atomic E-state index is 11.8. The molecular weight excluding hydrogens is 337 g/mol. The van der Waals surface area contributed by atoms with Crippen molar-refractivity contribution in [1.29, 1.82) is 0 Å². The number of halogens is 2. The number of nitrogens with two attached hydrogens (primary N) is 1. The summed E-state index contributed by atoms with van der Waals surface area (Å²) in [4.78, 5) is 15.7. The van der Waals surface area contributed by atoms with E-state index in [1.54, 1.807) is 11.0 Å². The van der Waals surface area contributed by atoms with E-state index in [1.165, 1.54) is 6.33 Å². The molecule has 0 saturated carbocycles. The number of nitrogens with one attached hydrogen (secondary N) is 1. The third-order valence-electron chi connectivity index (χ3n) is 3.50. The molecule has 23 heavy (non-hydrogen) atoms. The van der Waals surface area contributed by atoms with E-state index in [1.807, 2.05) is 38.1 Å². The van der Waals surface area contributed by atoms with Crippen LogP contribution in [0.5, 0.6) is 0 Å². The van der Waals surface area contributed by atoms with Crippen molar-refractivity contribution in [2.45, 2.75) is 33.0 Å². The van der Waals surface area contributed by atoms with Crippen molar-refractivity contribution < 1.29 is 4.79 Å². The topological polar surface area (TPSA) is 85.8 Å². The van der Waals surface area contributed by atoms with Crippen LogP contribution in [0.1, 0.15) is 25.0 Å². The highest BCUT2D eigenvalue weighted by atomic mass is 35.5. The zero-order chi connectivity index (χ0) is 15.2. The van der Waals surface area contributed by atoms with Crippen LogP contribution in [-0.2, 0) is 17.9 Å². The first-order chi connectivity index (χ1) is 10.1. The minimum atomic E-state index is -0.184. The van der Waals surface area contributed by atoms with Gasteiger partial charge in [0.2, 0.25) is 5.91 Å². The summed E-state index contributed by atoms with van der Waals surface area (Å²) in [5, 5.41) is 6.96. The zero-order valence-electron chi connectivity index (χ0n) is 13.2. The first-order valence-electron chi connectivity index (χ1n) is 7.00. The average Bonchev–Trinajstić information content (AvgIpc) is 2.98. The van der Waals surface area contributed by atoms with Gasteiger partial charge in [-0.1, -0.05) is 31.2 Å². The highest BCUT2D eigenvalue weighted by Crippen LogP contribution is 2.07. The van der Waals surface area contributed by atoms with Gasteiger partial charge in [-0.15, -0.1) is 24.8 Å². The van der Waals surface area contributed by atoms with Crippen LogP contribution in [0.15, 0.2) is 36.9 Å². The summed E-state index contributed by atoms with van der Waals surface area (Å²) in [5.74, 6) is -0.201. The monoisotopic (exact) mass is 359 g/mol. The Morgan fingerprint density at radius 3 is 2.35 bits per heavy atom. The predicted octanol–water partition coefficient (Wildman–Crippen LogP) is 1.77. The molecule has 1 heterocycles. The number of aromatic nitrogens is 3. The van der Waals surface area contributed by atoms with E-state index in [0.29, 0.717) is 13.1 Å². The Morgan fingerprint density at radius 2 is 1.83 bits per heavy atom. The van der Waals surface area contributed by atoms with Gasteiger partial charge in [-0.05, 0) is 18.1 Å². The Hall–Kier alpha value is -1.63. The number of nitrogens with zero attached hydrogens (tertiary/aromatic N) is 3. The van der Waals surface area contributed by atoms with E-state index in [4.69, 9.17) is 5.73 Å². The summed E-state index contributed by atoms with van der Waals surface area (Å²) < 4.78 is 1.76. The summed E-state index contributed by atoms with van der Waals surface area (Å²) >= 11 is 0. The van der Waals surface area contributed by atoms with Crippen molar-refractivity contribution in [3.05, 3.63) is 48.0 Å². The molecule has 2 rings (SSSR count). The van der Waals surface area contributed by atoms with Crippen LogP contribution in [0.2, 0.25) is 0 Å². The van der Waals surface area contributed by atoms with Gasteiger partial charge in [0.15, 0.2) is 0 Å². The van der Waals surface area contributed by atoms with Gasteiger partial charge in [-0.3, -0.25) is 4.79 Å². The van der Waals surface area contributed by atoms with E-state index in [9.17, 15) is 4.79 Å². The molecule has 0 aliphatic heterocycles. The van der Waals surface area contributed by atoms with Crippen molar-refractivity contribution in [3.63, 3.8) is 0 Å². The molecule has 0 aliphatic carbocycles. The van der Waals surface area contributed by atoms with E-state index < -0.39 is 0 Å². The standard InChI is InChI=1S/C15H21N5O.2ClH/c1-11(12(2)16)15(21)18-7-13-3-5-14(6-4-13)8-20-10-17-9-19-20;;/h3-6,9-12H,7-8,16H2,1-2H3,(H,18,21);2*1H. The van der Waals surface area contributed by atoms with E-state index in [0.717, 1.165) is 11.1 Å². The summed E-state index contributed by atoms with van der Waals surface area (Å²) in [7, 11) is 0. The lowest BCUT2D eigenvalue weighted by Gasteiger charge is -2.15. The van der Waals surface area contributed by atoms with Crippen molar-refractivity contribution in [2.75, 3.05) is 0 Å². The third kappa shape index (κ3) is 6.56. The van der Waals surface area contributed by atoms with Gasteiger partial charge in [0, 0.05) is 18.5 Å². The second-order valence-corrected chi connectivity index (χ2v) is 5.28. The van der Waals surface area contributed by atoms with Gasteiger partial charge in [0.1, 0.15) is 12.7 Å². The minimum absolute atomic E-state index is 0. The molecule has 0 bridgehead atoms. The molecule has 2 unspecified atom stereocenters. The predicted molar refractivity (Wildman–Crippen MR) is 94.7 cm³/mol. The van der Waals surface area contributed by atoms with Crippen molar-refractivity contribution in [1.82, 2.24) is 20.1 Å². The molecule has 128 valence electrons. The highest BCUT2D eigenvalue weighted by Gasteiger charge is 2.16. The summed E-state index contributed by atoms with van der Waals surface area (Å²) in [6.07, 6.45) is 3.20. The number of amides is 1. The Kier molecular flexibility index (Phi) is 9.48. The minimum Gasteiger partial charge on any atom is -0.352 e. The van der Waals surface area contributed by atoms with Crippen molar-refractivity contribution in [3.8, 4) is 0 Å². The second kappa shape index (κ2) is 10.2. The van der Waals surface area contributed by atoms with Gasteiger partial charge in [0.05, 0.1) is 6.54 Å². The third-order valence-corrected chi connectivity index (χ3v) is 3.50. The fourth-order valence-corrected chi connectivity index (χ4v) is 1.85. The van der Waals surface area contributed by atoms with E-state index >= 15 is 0 Å². The Bertz CT molecular complexity index is 572. The smallest absolute Gasteiger partial charge is 0.224 e. The molecule has 1 aromatic carbocycles. The molecule has 0 aliphatic rings. The quantitative estimate of drug-likeness (QED) is 0.822. The maximum absolute atomic E-state index is 11.8. The van der Waals surface area contributed by atoms with Crippen LogP contribution in [0.4, 0.5) is 0 Å². The molecule has 0 saturated heterocycles. The zero-order valence-corrected chi connectivity index (χ0v) is 14.8. The Balaban J connectivity index is 0.00000242. The number of rotatable bonds is 6. The molecule has 6 nitrogen and oxygen atoms in total. The molecule has 1 aromatic heterocycles. The highest BCUT2D eigenvalue weighted by molar-refractivity contribution is 5.85. The van der Waals surface area contributed by atoms with Gasteiger partial charge < -0.3 is 11.1 Å². The molecule has 2 aromatic rings. The van der Waals surface area contributed by atoms with Crippen LogP contribution in [-0.4, -0.2) is 26.7 Å². The van der Waals surface area contributed by atoms with Crippen LogP contribution in [0, 0.1) is 5.92 Å². The number of carbonyl (C=O) groups excluding carboxylic acids is 1. The lowest BCUT2D eigenvalue weighted by Crippen LogP contribution is -2.38. The van der Waals surface area contributed by atoms with Crippen LogP contribution < -0.4 is 11.1 Å². The molecule has 1 amide bonds. The van der Waals surface area contributed by atoms with E-state index in [-0.39, 0.29) is 42.7 Å². The average molecular weight is 360 g/mol. The maximum Gasteiger partial charge on any atom is 0.224 e. The molecular formula is C15H23Cl2N5O. The van der Waals surface area contributed by atoms with Crippen molar-refractivity contribution >= 4 is 30.7 Å². The molecule has 0 fully saturated rings. The summed E-state index contributed by atoms with van der Waals surface area (Å²) in [6, 6.07) is 7.91. The molecule has 3 N–H and O–H groups in total. The molecule has 0 spiro atoms. The second-order valence-electron chi connectivity index (χ2n) is 5.28. The Labute approximate surface area is 148 Å². The first-order valence-corrected chi connectivity index (χ1v) is 7.00. The van der Waals surface area contributed by atoms with Gasteiger partial charge >= 0.3 is 0 Å². The molecule has 0 radical (unpaired) electrons. The van der Waals surface area contributed by atoms with Gasteiger partial charge in [-0.2, -0.15) is 5.10 Å². The normalized spacial score (nSPS) is 12.5. The number of hydrogen-bond acceptors (Lipinski definition) is 4. The van der Waals surface area contributed by atoms with Gasteiger partial charge in [0.25, 0.3) is 0 Å². The van der Waals surface area contributed by atoms with E-state index in [2.05, 4.69) is 15.4 Å². The molecule has 8 heteroatoms. The first kappa shape index (κ1) is 21.4. The van der Waals surface area contributed by atoms with Gasteiger partial charge in [-0.25, -0.2) is 9.67 Å². The lowest BCUT2D eigenvalue weighted by atomic mass is 10.0. The Morgan fingerprint density at radius 1 is 1.22 bits per heavy atom. The summed E-state index contributed by atoms with van der Waals surface area (Å²) in [5.41, 5.74) is 7.91. The number of benzene rings is 1. The fourth-order valence-electron chi connectivity index (χ4n) is 1.85. The summed E-state index contributed by atoms with van der Waals surface area (Å²) in [6.45, 7) is 4.87. The lowest BCUT2D eigenvalue weighted by molar-refractivity contribution is -0.125. The number of carbonyl (C=O) groups is 1. The number of hydrogen-bond donors (Lipinski definition) is 2.